The van der Waals surface area contributed by atoms with Crippen LogP contribution in [0.25, 0.3) is 0 Å². The Hall–Kier alpha value is -2.61. The topological polar surface area (TPSA) is 101 Å². The molecule has 1 heterocycles. The highest BCUT2D eigenvalue weighted by Gasteiger charge is 2.13. The van der Waals surface area contributed by atoms with Gasteiger partial charge in [0.25, 0.3) is 0 Å². The largest absolute Gasteiger partial charge is 0.497 e. The Morgan fingerprint density at radius 3 is 2.86 bits per heavy atom. The molecule has 21 heavy (non-hydrogen) atoms. The molecule has 0 bridgehead atoms. The van der Waals surface area contributed by atoms with Crippen molar-refractivity contribution in [3.8, 4) is 5.75 Å². The zero-order chi connectivity index (χ0) is 15.2. The molecule has 0 unspecified atom stereocenters. The first-order valence-corrected chi connectivity index (χ1v) is 6.87. The number of carbonyl (C=O) groups is 2. The van der Waals surface area contributed by atoms with Crippen LogP contribution in [0.5, 0.6) is 5.75 Å². The SMILES string of the molecule is COc1ccc(C(=O)O)c(NC(=O)NCc2cscn2)c1. The number of methoxy groups -OCH3 is 1. The number of rotatable bonds is 5. The van der Waals surface area contributed by atoms with Crippen LogP contribution in [-0.4, -0.2) is 29.2 Å². The third kappa shape index (κ3) is 3.93. The number of amides is 2. The average molecular weight is 307 g/mol. The molecule has 0 aliphatic rings. The number of carboxylic acids is 1. The van der Waals surface area contributed by atoms with Gasteiger partial charge in [-0.3, -0.25) is 0 Å². The van der Waals surface area contributed by atoms with Crippen LogP contribution in [0.3, 0.4) is 0 Å². The average Bonchev–Trinajstić information content (AvgIpc) is 2.98. The Balaban J connectivity index is 2.06. The Morgan fingerprint density at radius 1 is 1.43 bits per heavy atom. The van der Waals surface area contributed by atoms with Crippen LogP contribution < -0.4 is 15.4 Å². The van der Waals surface area contributed by atoms with Crippen molar-refractivity contribution >= 4 is 29.0 Å². The van der Waals surface area contributed by atoms with E-state index in [4.69, 9.17) is 9.84 Å². The summed E-state index contributed by atoms with van der Waals surface area (Å²) in [4.78, 5) is 27.0. The van der Waals surface area contributed by atoms with Gasteiger partial charge in [-0.2, -0.15) is 0 Å². The molecule has 8 heteroatoms. The number of carbonyl (C=O) groups excluding carboxylic acids is 1. The number of urea groups is 1. The number of benzene rings is 1. The molecule has 0 aliphatic heterocycles. The van der Waals surface area contributed by atoms with Crippen LogP contribution in [0, 0.1) is 0 Å². The van der Waals surface area contributed by atoms with Gasteiger partial charge in [-0.1, -0.05) is 0 Å². The Kier molecular flexibility index (Phi) is 4.72. The van der Waals surface area contributed by atoms with Crippen molar-refractivity contribution in [3.63, 3.8) is 0 Å². The summed E-state index contributed by atoms with van der Waals surface area (Å²) >= 11 is 1.43. The van der Waals surface area contributed by atoms with Crippen molar-refractivity contribution in [3.05, 3.63) is 40.3 Å². The van der Waals surface area contributed by atoms with Gasteiger partial charge in [-0.15, -0.1) is 11.3 Å². The number of thiazole rings is 1. The predicted octanol–water partition coefficient (Wildman–Crippen LogP) is 2.17. The minimum absolute atomic E-state index is 0.0143. The fraction of sp³-hybridized carbons (Fsp3) is 0.154. The Bertz CT molecular complexity index is 643. The van der Waals surface area contributed by atoms with E-state index in [-0.39, 0.29) is 17.8 Å². The second-order valence-corrected chi connectivity index (χ2v) is 4.72. The summed E-state index contributed by atoms with van der Waals surface area (Å²) in [6, 6.07) is 3.82. The Morgan fingerprint density at radius 2 is 2.24 bits per heavy atom. The number of hydrogen-bond acceptors (Lipinski definition) is 5. The molecule has 0 spiro atoms. The summed E-state index contributed by atoms with van der Waals surface area (Å²) < 4.78 is 5.02. The van der Waals surface area contributed by atoms with E-state index in [0.717, 1.165) is 5.69 Å². The third-order valence-electron chi connectivity index (χ3n) is 2.62. The molecule has 3 N–H and O–H groups in total. The van der Waals surface area contributed by atoms with Crippen LogP contribution in [0.1, 0.15) is 16.1 Å². The summed E-state index contributed by atoms with van der Waals surface area (Å²) in [5.41, 5.74) is 2.55. The van der Waals surface area contributed by atoms with Gasteiger partial charge >= 0.3 is 12.0 Å². The van der Waals surface area contributed by atoms with Crippen LogP contribution in [0.4, 0.5) is 10.5 Å². The van der Waals surface area contributed by atoms with Crippen molar-refractivity contribution in [2.75, 3.05) is 12.4 Å². The van der Waals surface area contributed by atoms with E-state index in [9.17, 15) is 9.59 Å². The molecule has 0 saturated heterocycles. The van der Waals surface area contributed by atoms with Crippen molar-refractivity contribution in [1.29, 1.82) is 0 Å². The molecule has 0 radical (unpaired) electrons. The van der Waals surface area contributed by atoms with Crippen LogP contribution >= 0.6 is 11.3 Å². The summed E-state index contributed by atoms with van der Waals surface area (Å²) in [5.74, 6) is -0.678. The maximum atomic E-state index is 11.8. The van der Waals surface area contributed by atoms with Gasteiger partial charge in [0.2, 0.25) is 0 Å². The summed E-state index contributed by atoms with van der Waals surface area (Å²) in [5, 5.41) is 16.0. The molecule has 2 rings (SSSR count). The lowest BCUT2D eigenvalue weighted by atomic mass is 10.1. The number of nitrogens with one attached hydrogen (secondary N) is 2. The zero-order valence-corrected chi connectivity index (χ0v) is 11.9. The monoisotopic (exact) mass is 307 g/mol. The molecule has 0 atom stereocenters. The molecule has 1 aromatic heterocycles. The summed E-state index contributed by atoms with van der Waals surface area (Å²) in [6.07, 6.45) is 0. The van der Waals surface area contributed by atoms with E-state index >= 15 is 0 Å². The number of anilines is 1. The van der Waals surface area contributed by atoms with Crippen molar-refractivity contribution in [1.82, 2.24) is 10.3 Å². The summed E-state index contributed by atoms with van der Waals surface area (Å²) in [6.45, 7) is 0.266. The van der Waals surface area contributed by atoms with Gasteiger partial charge in [0.15, 0.2) is 0 Å². The van der Waals surface area contributed by atoms with Gasteiger partial charge in [0.05, 0.1) is 36.1 Å². The maximum Gasteiger partial charge on any atom is 0.337 e. The van der Waals surface area contributed by atoms with Crippen molar-refractivity contribution in [2.24, 2.45) is 0 Å². The lowest BCUT2D eigenvalue weighted by Gasteiger charge is -2.11. The molecule has 7 nitrogen and oxygen atoms in total. The second-order valence-electron chi connectivity index (χ2n) is 4.00. The number of aromatic carboxylic acids is 1. The molecular formula is C13H13N3O4S. The van der Waals surface area contributed by atoms with E-state index in [1.165, 1.54) is 36.6 Å². The Labute approximate surface area is 124 Å². The molecule has 0 aliphatic carbocycles. The van der Waals surface area contributed by atoms with Gasteiger partial charge in [-0.05, 0) is 12.1 Å². The van der Waals surface area contributed by atoms with E-state index in [2.05, 4.69) is 15.6 Å². The molecule has 2 aromatic rings. The highest BCUT2D eigenvalue weighted by Crippen LogP contribution is 2.22. The quantitative estimate of drug-likeness (QED) is 0.786. The number of carboxylic acid groups (broad SMARTS) is 1. The number of aromatic nitrogens is 1. The van der Waals surface area contributed by atoms with E-state index in [0.29, 0.717) is 5.75 Å². The first-order chi connectivity index (χ1) is 10.1. The molecule has 2 amide bonds. The smallest absolute Gasteiger partial charge is 0.337 e. The highest BCUT2D eigenvalue weighted by atomic mass is 32.1. The van der Waals surface area contributed by atoms with Crippen LogP contribution in [0.15, 0.2) is 29.1 Å². The first-order valence-electron chi connectivity index (χ1n) is 5.93. The van der Waals surface area contributed by atoms with Gasteiger partial charge in [0, 0.05) is 11.4 Å². The number of nitrogens with zero attached hydrogens (tertiary/aromatic N) is 1. The van der Waals surface area contributed by atoms with Crippen LogP contribution in [0.2, 0.25) is 0 Å². The van der Waals surface area contributed by atoms with Gasteiger partial charge < -0.3 is 20.5 Å². The minimum Gasteiger partial charge on any atom is -0.497 e. The standard InChI is InChI=1S/C13H13N3O4S/c1-20-9-2-3-10(12(17)18)11(4-9)16-13(19)14-5-8-6-21-7-15-8/h2-4,6-7H,5H2,1H3,(H,17,18)(H2,14,16,19). The predicted molar refractivity (Wildman–Crippen MR) is 77.9 cm³/mol. The molecule has 0 saturated carbocycles. The van der Waals surface area contributed by atoms with Gasteiger partial charge in [-0.25, -0.2) is 14.6 Å². The van der Waals surface area contributed by atoms with Crippen LogP contribution in [-0.2, 0) is 6.54 Å². The summed E-state index contributed by atoms with van der Waals surface area (Å²) in [7, 11) is 1.46. The van der Waals surface area contributed by atoms with Gasteiger partial charge in [0.1, 0.15) is 5.75 Å². The zero-order valence-electron chi connectivity index (χ0n) is 11.1. The molecule has 0 fully saturated rings. The number of hydrogen-bond donors (Lipinski definition) is 3. The third-order valence-corrected chi connectivity index (χ3v) is 3.25. The molecule has 110 valence electrons. The van der Waals surface area contributed by atoms with E-state index < -0.39 is 12.0 Å². The highest BCUT2D eigenvalue weighted by molar-refractivity contribution is 7.07. The lowest BCUT2D eigenvalue weighted by molar-refractivity contribution is 0.0698. The maximum absolute atomic E-state index is 11.8. The number of ether oxygens (including phenoxy) is 1. The fourth-order valence-corrected chi connectivity index (χ4v) is 2.16. The normalized spacial score (nSPS) is 9.95. The van der Waals surface area contributed by atoms with Crippen molar-refractivity contribution in [2.45, 2.75) is 6.54 Å². The first kappa shape index (κ1) is 14.8. The molecular weight excluding hydrogens is 294 g/mol. The van der Waals surface area contributed by atoms with Crippen molar-refractivity contribution < 1.29 is 19.4 Å². The lowest BCUT2D eigenvalue weighted by Crippen LogP contribution is -2.29. The van der Waals surface area contributed by atoms with E-state index in [1.54, 1.807) is 5.51 Å². The minimum atomic E-state index is -1.13. The van der Waals surface area contributed by atoms with E-state index in [1.807, 2.05) is 5.38 Å². The second kappa shape index (κ2) is 6.71. The fourth-order valence-electron chi connectivity index (χ4n) is 1.60. The molecule has 1 aromatic carbocycles.